The van der Waals surface area contributed by atoms with Crippen LogP contribution < -0.4 is 14.9 Å². The van der Waals surface area contributed by atoms with E-state index in [1.807, 2.05) is 0 Å². The van der Waals surface area contributed by atoms with Gasteiger partial charge in [-0.25, -0.2) is 0 Å². The molecule has 0 spiro atoms. The molecule has 11 N–H and O–H groups in total. The van der Waals surface area contributed by atoms with Crippen LogP contribution in [0.3, 0.4) is 0 Å². The fourth-order valence-electron chi connectivity index (χ4n) is 6.40. The Kier molecular flexibility index (Phi) is 11.6. The zero-order valence-electron chi connectivity index (χ0n) is 28.8. The van der Waals surface area contributed by atoms with Gasteiger partial charge in [0.1, 0.15) is 77.4 Å². The second-order valence-corrected chi connectivity index (χ2v) is 13.3. The third-order valence-electron chi connectivity index (χ3n) is 9.57. The molecule has 1 aromatic heterocycles. The highest BCUT2D eigenvalue weighted by Gasteiger charge is 2.52. The molecule has 1 unspecified atom stereocenters. The Balaban J connectivity index is 1.41. The minimum absolute atomic E-state index is 0.0468. The first-order valence-electron chi connectivity index (χ1n) is 16.8. The first kappa shape index (κ1) is 39.8. The number of hydrogen-bond acceptors (Lipinski definition) is 20. The maximum absolute atomic E-state index is 14.2. The zero-order chi connectivity index (χ0) is 39.3. The van der Waals surface area contributed by atoms with Gasteiger partial charge in [-0.1, -0.05) is 0 Å². The first-order chi connectivity index (χ1) is 25.5. The van der Waals surface area contributed by atoms with Gasteiger partial charge in [0.05, 0.1) is 25.9 Å². The van der Waals surface area contributed by atoms with Crippen molar-refractivity contribution in [3.63, 3.8) is 0 Å². The molecule has 6 rings (SSSR count). The molecule has 0 saturated carbocycles. The second-order valence-electron chi connectivity index (χ2n) is 13.3. The number of rotatable bonds is 9. The highest BCUT2D eigenvalue weighted by Crippen LogP contribution is 2.40. The molecule has 4 heterocycles. The molecule has 54 heavy (non-hydrogen) atoms. The van der Waals surface area contributed by atoms with E-state index in [0.29, 0.717) is 0 Å². The topological polar surface area (TPSA) is 317 Å². The Hall–Kier alpha value is -3.87. The molecule has 20 nitrogen and oxygen atoms in total. The second kappa shape index (κ2) is 15.7. The van der Waals surface area contributed by atoms with Gasteiger partial charge in [0.15, 0.2) is 35.9 Å². The summed E-state index contributed by atoms with van der Waals surface area (Å²) in [7, 11) is 1.26. The average molecular weight is 771 g/mol. The summed E-state index contributed by atoms with van der Waals surface area (Å²) in [6, 6.07) is 5.69. The van der Waals surface area contributed by atoms with Crippen LogP contribution in [0.5, 0.6) is 28.7 Å². The van der Waals surface area contributed by atoms with Crippen molar-refractivity contribution in [2.45, 2.75) is 106 Å². The monoisotopic (exact) mass is 770 g/mol. The van der Waals surface area contributed by atoms with Crippen LogP contribution >= 0.6 is 0 Å². The number of benzene rings is 2. The van der Waals surface area contributed by atoms with Gasteiger partial charge in [-0.3, -0.25) is 4.79 Å². The van der Waals surface area contributed by atoms with Crippen LogP contribution in [-0.4, -0.2) is 162 Å². The fraction of sp³-hybridized carbons (Fsp3) is 0.559. The van der Waals surface area contributed by atoms with Crippen LogP contribution in [0.25, 0.3) is 22.3 Å². The average Bonchev–Trinajstić information content (AvgIpc) is 3.13. The molecule has 0 bridgehead atoms. The minimum Gasteiger partial charge on any atom is -0.508 e. The van der Waals surface area contributed by atoms with Crippen LogP contribution in [0.15, 0.2) is 39.5 Å². The lowest BCUT2D eigenvalue weighted by Crippen LogP contribution is -2.65. The summed E-state index contributed by atoms with van der Waals surface area (Å²) in [5, 5.41) is 115. The van der Waals surface area contributed by atoms with Crippen LogP contribution in [0, 0.1) is 0 Å². The van der Waals surface area contributed by atoms with Crippen LogP contribution in [0.2, 0.25) is 0 Å². The van der Waals surface area contributed by atoms with Crippen LogP contribution in [0.4, 0.5) is 0 Å². The number of aliphatic hydroxyl groups excluding tert-OH is 8. The lowest BCUT2D eigenvalue weighted by Gasteiger charge is -2.46. The molecule has 3 fully saturated rings. The molecule has 0 amide bonds. The first-order valence-corrected chi connectivity index (χ1v) is 16.8. The Morgan fingerprint density at radius 1 is 0.685 bits per heavy atom. The van der Waals surface area contributed by atoms with Gasteiger partial charge in [0.2, 0.25) is 17.5 Å². The standard InChI is InChI=1S/C34H42O20/c1-10-20(38)24(42)27(45)32(49-10)48-9-18-22(40)26(44)31(54-33-28(46)25(43)21(39)11(2)50-33)34(52-18)53-30-23(41)19-15(37)7-13(35)8-17(19)51-29(30)12-4-5-14(36)16(6-12)47-3/h4-8,10-11,18,20-22,24-28,31-40,42-46H,9H2,1-3H3/t10-,11+,18-,20-,21+,22-,24+,25-,26+,27+,28-,31-,32+,33+,34?/m0/s1. The van der Waals surface area contributed by atoms with E-state index in [0.717, 1.165) is 12.1 Å². The highest BCUT2D eigenvalue weighted by molar-refractivity contribution is 5.88. The zero-order valence-corrected chi connectivity index (χ0v) is 28.8. The van der Waals surface area contributed by atoms with Gasteiger partial charge in [-0.2, -0.15) is 0 Å². The van der Waals surface area contributed by atoms with Crippen molar-refractivity contribution in [3.05, 3.63) is 40.6 Å². The van der Waals surface area contributed by atoms with Crippen LogP contribution in [0.1, 0.15) is 13.8 Å². The number of hydrogen-bond donors (Lipinski definition) is 11. The summed E-state index contributed by atoms with van der Waals surface area (Å²) in [5.41, 5.74) is -1.31. The van der Waals surface area contributed by atoms with E-state index in [-0.39, 0.29) is 28.4 Å². The van der Waals surface area contributed by atoms with Gasteiger partial charge in [0, 0.05) is 17.7 Å². The van der Waals surface area contributed by atoms with Crippen molar-refractivity contribution in [2.75, 3.05) is 13.7 Å². The van der Waals surface area contributed by atoms with Gasteiger partial charge < -0.3 is 93.7 Å². The number of aromatic hydroxyl groups is 3. The molecule has 3 aromatic rings. The molecule has 20 heteroatoms. The molecule has 3 aliphatic rings. The van der Waals surface area contributed by atoms with Gasteiger partial charge in [0.25, 0.3) is 0 Å². The van der Waals surface area contributed by atoms with Crippen LogP contribution in [-0.2, 0) is 23.7 Å². The maximum atomic E-state index is 14.2. The number of phenolic OH excluding ortho intramolecular Hbond substituents is 3. The molecule has 0 aliphatic carbocycles. The van der Waals surface area contributed by atoms with Crippen molar-refractivity contribution in [2.24, 2.45) is 0 Å². The lowest BCUT2D eigenvalue weighted by molar-refractivity contribution is -0.360. The number of phenols is 3. The van der Waals surface area contributed by atoms with E-state index in [1.54, 1.807) is 0 Å². The molecule has 0 radical (unpaired) electrons. The number of methoxy groups -OCH3 is 1. The predicted octanol–water partition coefficient (Wildman–Crippen LogP) is -2.53. The Bertz CT molecular complexity index is 1850. The van der Waals surface area contributed by atoms with E-state index < -0.39 is 127 Å². The minimum atomic E-state index is -2.02. The van der Waals surface area contributed by atoms with Crippen molar-refractivity contribution < 1.29 is 93.7 Å². The summed E-state index contributed by atoms with van der Waals surface area (Å²) in [4.78, 5) is 14.2. The van der Waals surface area contributed by atoms with Gasteiger partial charge in [-0.05, 0) is 32.0 Å². The highest BCUT2D eigenvalue weighted by atomic mass is 16.8. The predicted molar refractivity (Wildman–Crippen MR) is 176 cm³/mol. The smallest absolute Gasteiger partial charge is 0.239 e. The summed E-state index contributed by atoms with van der Waals surface area (Å²) in [5.74, 6) is -2.63. The van der Waals surface area contributed by atoms with Gasteiger partial charge >= 0.3 is 0 Å². The molecule has 298 valence electrons. The number of fused-ring (bicyclic) bond motifs is 1. The summed E-state index contributed by atoms with van der Waals surface area (Å²) >= 11 is 0. The third kappa shape index (κ3) is 7.41. The Morgan fingerprint density at radius 3 is 1.96 bits per heavy atom. The van der Waals surface area contributed by atoms with E-state index >= 15 is 0 Å². The Labute approximate surface area is 305 Å². The SMILES string of the molecule is COc1cc(-c2oc3cc(O)cc(O)c3c(=O)c2OC2O[C@@H](CO[C@@H]3O[C@@H](C)[C@H](O)[C@@H](O)[C@H]3O)[C@H](O)[C@@H](O)[C@@H]2O[C@H]2O[C@H](C)[C@@H](O)[C@H](O)[C@@H]2O)ccc1O. The van der Waals surface area contributed by atoms with Crippen molar-refractivity contribution in [1.29, 1.82) is 0 Å². The summed E-state index contributed by atoms with van der Waals surface area (Å²) in [6.07, 6.45) is -24.9. The van der Waals surface area contributed by atoms with E-state index in [1.165, 1.54) is 39.2 Å². The van der Waals surface area contributed by atoms with Crippen molar-refractivity contribution in [1.82, 2.24) is 0 Å². The summed E-state index contributed by atoms with van der Waals surface area (Å²) < 4.78 is 45.6. The molecule has 3 saturated heterocycles. The van der Waals surface area contributed by atoms with E-state index in [9.17, 15) is 61.0 Å². The molecule has 15 atom stereocenters. The molecule has 3 aliphatic heterocycles. The van der Waals surface area contributed by atoms with Crippen molar-refractivity contribution >= 4 is 11.0 Å². The summed E-state index contributed by atoms with van der Waals surface area (Å²) in [6.45, 7) is 2.09. The fourth-order valence-corrected chi connectivity index (χ4v) is 6.40. The third-order valence-corrected chi connectivity index (χ3v) is 9.57. The van der Waals surface area contributed by atoms with E-state index in [2.05, 4.69) is 0 Å². The van der Waals surface area contributed by atoms with E-state index in [4.69, 9.17) is 37.6 Å². The largest absolute Gasteiger partial charge is 0.508 e. The molecular weight excluding hydrogens is 728 g/mol. The molecular formula is C34H42O20. The normalized spacial score (nSPS) is 37.3. The van der Waals surface area contributed by atoms with Gasteiger partial charge in [-0.15, -0.1) is 0 Å². The van der Waals surface area contributed by atoms with Crippen molar-refractivity contribution in [3.8, 4) is 40.1 Å². The quantitative estimate of drug-likeness (QED) is 0.107. The lowest BCUT2D eigenvalue weighted by atomic mass is 9.97. The number of aliphatic hydroxyl groups is 8. The number of ether oxygens (including phenoxy) is 7. The Morgan fingerprint density at radius 2 is 1.31 bits per heavy atom. The molecule has 2 aromatic carbocycles. The maximum Gasteiger partial charge on any atom is 0.239 e.